The van der Waals surface area contributed by atoms with E-state index in [0.29, 0.717) is 11.6 Å². The molecule has 1 fully saturated rings. The summed E-state index contributed by atoms with van der Waals surface area (Å²) in [5, 5.41) is 4.78. The summed E-state index contributed by atoms with van der Waals surface area (Å²) in [6.07, 6.45) is 3.70. The molecular formula is C21H20ClN3O. The molecule has 2 heterocycles. The molecule has 3 aromatic rings. The molecular weight excluding hydrogens is 346 g/mol. The highest BCUT2D eigenvalue weighted by Crippen LogP contribution is 2.31. The summed E-state index contributed by atoms with van der Waals surface area (Å²) in [4.78, 5) is 19.4. The number of nitrogens with one attached hydrogen (secondary N) is 1. The standard InChI is InChI=1S/C21H20ClN3O/c22-16-8-9-18-19(13-16)23-11-10-20(18)25-12-4-5-15(14-25)21(26)24-17-6-2-1-3-7-17/h1-3,6-11,13,15H,4-5,12,14H2,(H,24,26)/t15-/m0/s1. The number of carbonyl (C=O) groups excluding carboxylic acids is 1. The molecule has 0 spiro atoms. The van der Waals surface area contributed by atoms with Gasteiger partial charge in [-0.3, -0.25) is 9.78 Å². The Hall–Kier alpha value is -2.59. The number of aromatic nitrogens is 1. The van der Waals surface area contributed by atoms with E-state index in [0.717, 1.165) is 41.7 Å². The summed E-state index contributed by atoms with van der Waals surface area (Å²) in [5.41, 5.74) is 2.84. The van der Waals surface area contributed by atoms with Gasteiger partial charge in [0, 0.05) is 41.1 Å². The molecule has 0 saturated carbocycles. The molecule has 1 aliphatic heterocycles. The summed E-state index contributed by atoms with van der Waals surface area (Å²) >= 11 is 6.09. The first kappa shape index (κ1) is 16.9. The van der Waals surface area contributed by atoms with Crippen LogP contribution in [-0.4, -0.2) is 24.0 Å². The molecule has 26 heavy (non-hydrogen) atoms. The minimum Gasteiger partial charge on any atom is -0.370 e. The third kappa shape index (κ3) is 3.51. The molecule has 1 N–H and O–H groups in total. The van der Waals surface area contributed by atoms with Crippen LogP contribution < -0.4 is 10.2 Å². The summed E-state index contributed by atoms with van der Waals surface area (Å²) in [7, 11) is 0. The smallest absolute Gasteiger partial charge is 0.229 e. The summed E-state index contributed by atoms with van der Waals surface area (Å²) in [5.74, 6) is 0.0572. The van der Waals surface area contributed by atoms with Crippen LogP contribution >= 0.6 is 11.6 Å². The number of amides is 1. The fraction of sp³-hybridized carbons (Fsp3) is 0.238. The molecule has 132 valence electrons. The third-order valence-electron chi connectivity index (χ3n) is 4.86. The number of pyridine rings is 1. The number of rotatable bonds is 3. The van der Waals surface area contributed by atoms with Crippen molar-refractivity contribution in [3.8, 4) is 0 Å². The van der Waals surface area contributed by atoms with Crippen LogP contribution in [0.4, 0.5) is 11.4 Å². The van der Waals surface area contributed by atoms with E-state index in [1.165, 1.54) is 0 Å². The van der Waals surface area contributed by atoms with Crippen molar-refractivity contribution in [1.82, 2.24) is 4.98 Å². The molecule has 0 bridgehead atoms. The van der Waals surface area contributed by atoms with Crippen LogP contribution in [0.15, 0.2) is 60.8 Å². The second-order valence-corrected chi connectivity index (χ2v) is 7.07. The second-order valence-electron chi connectivity index (χ2n) is 6.63. The van der Waals surface area contributed by atoms with Crippen LogP contribution in [0.3, 0.4) is 0 Å². The molecule has 4 nitrogen and oxygen atoms in total. The molecule has 4 rings (SSSR count). The van der Waals surface area contributed by atoms with E-state index in [1.54, 1.807) is 0 Å². The van der Waals surface area contributed by atoms with E-state index in [4.69, 9.17) is 11.6 Å². The minimum absolute atomic E-state index is 0.0283. The van der Waals surface area contributed by atoms with Gasteiger partial charge < -0.3 is 10.2 Å². The molecule has 1 aromatic heterocycles. The molecule has 1 amide bonds. The molecule has 0 radical (unpaired) electrons. The Morgan fingerprint density at radius 3 is 2.85 bits per heavy atom. The van der Waals surface area contributed by atoms with Crippen LogP contribution in [0.2, 0.25) is 5.02 Å². The topological polar surface area (TPSA) is 45.2 Å². The number of fused-ring (bicyclic) bond motifs is 1. The zero-order chi connectivity index (χ0) is 17.9. The van der Waals surface area contributed by atoms with Crippen molar-refractivity contribution >= 4 is 39.8 Å². The lowest BCUT2D eigenvalue weighted by Crippen LogP contribution is -2.40. The highest BCUT2D eigenvalue weighted by Gasteiger charge is 2.26. The van der Waals surface area contributed by atoms with Crippen LogP contribution in [-0.2, 0) is 4.79 Å². The maximum Gasteiger partial charge on any atom is 0.229 e. The highest BCUT2D eigenvalue weighted by atomic mass is 35.5. The lowest BCUT2D eigenvalue weighted by Gasteiger charge is -2.34. The molecule has 1 aliphatic rings. The number of hydrogen-bond donors (Lipinski definition) is 1. The molecule has 2 aromatic carbocycles. The van der Waals surface area contributed by atoms with E-state index >= 15 is 0 Å². The van der Waals surface area contributed by atoms with Gasteiger partial charge in [-0.1, -0.05) is 29.8 Å². The van der Waals surface area contributed by atoms with Gasteiger partial charge in [-0.2, -0.15) is 0 Å². The van der Waals surface area contributed by atoms with E-state index in [-0.39, 0.29) is 11.8 Å². The van der Waals surface area contributed by atoms with Gasteiger partial charge in [-0.05, 0) is 49.2 Å². The van der Waals surface area contributed by atoms with Crippen LogP contribution in [0, 0.1) is 5.92 Å². The zero-order valence-corrected chi connectivity index (χ0v) is 15.1. The molecule has 5 heteroatoms. The van der Waals surface area contributed by atoms with Crippen molar-refractivity contribution < 1.29 is 4.79 Å². The van der Waals surface area contributed by atoms with Crippen molar-refractivity contribution in [3.63, 3.8) is 0 Å². The van der Waals surface area contributed by atoms with Crippen LogP contribution in [0.1, 0.15) is 12.8 Å². The maximum absolute atomic E-state index is 12.7. The van der Waals surface area contributed by atoms with Gasteiger partial charge in [0.15, 0.2) is 0 Å². The van der Waals surface area contributed by atoms with Gasteiger partial charge in [-0.15, -0.1) is 0 Å². The maximum atomic E-state index is 12.7. The van der Waals surface area contributed by atoms with E-state index in [2.05, 4.69) is 15.2 Å². The van der Waals surface area contributed by atoms with Crippen molar-refractivity contribution in [1.29, 1.82) is 0 Å². The first-order chi connectivity index (χ1) is 12.7. The van der Waals surface area contributed by atoms with Crippen LogP contribution in [0.25, 0.3) is 10.9 Å². The first-order valence-electron chi connectivity index (χ1n) is 8.86. The van der Waals surface area contributed by atoms with Gasteiger partial charge in [0.2, 0.25) is 5.91 Å². The van der Waals surface area contributed by atoms with E-state index in [9.17, 15) is 4.79 Å². The largest absolute Gasteiger partial charge is 0.370 e. The fourth-order valence-electron chi connectivity index (χ4n) is 3.56. The van der Waals surface area contributed by atoms with Crippen molar-refractivity contribution in [3.05, 3.63) is 65.8 Å². The number of nitrogens with zero attached hydrogens (tertiary/aromatic N) is 2. The van der Waals surface area contributed by atoms with Crippen molar-refractivity contribution in [2.24, 2.45) is 5.92 Å². The van der Waals surface area contributed by atoms with Crippen molar-refractivity contribution in [2.45, 2.75) is 12.8 Å². The van der Waals surface area contributed by atoms with Crippen LogP contribution in [0.5, 0.6) is 0 Å². The van der Waals surface area contributed by atoms with E-state index < -0.39 is 0 Å². The number of halogens is 1. The number of hydrogen-bond acceptors (Lipinski definition) is 3. The molecule has 0 unspecified atom stereocenters. The van der Waals surface area contributed by atoms with Gasteiger partial charge in [0.05, 0.1) is 11.4 Å². The fourth-order valence-corrected chi connectivity index (χ4v) is 3.72. The molecule has 0 aliphatic carbocycles. The van der Waals surface area contributed by atoms with Gasteiger partial charge in [0.1, 0.15) is 0 Å². The Morgan fingerprint density at radius 1 is 1.15 bits per heavy atom. The first-order valence-corrected chi connectivity index (χ1v) is 9.23. The Balaban J connectivity index is 1.55. The number of para-hydroxylation sites is 1. The minimum atomic E-state index is -0.0283. The third-order valence-corrected chi connectivity index (χ3v) is 5.09. The zero-order valence-electron chi connectivity index (χ0n) is 14.4. The Labute approximate surface area is 157 Å². The predicted octanol–water partition coefficient (Wildman–Crippen LogP) is 4.74. The Bertz CT molecular complexity index is 929. The monoisotopic (exact) mass is 365 g/mol. The number of anilines is 2. The average molecular weight is 366 g/mol. The van der Waals surface area contributed by atoms with Gasteiger partial charge in [0.25, 0.3) is 0 Å². The summed E-state index contributed by atoms with van der Waals surface area (Å²) < 4.78 is 0. The summed E-state index contributed by atoms with van der Waals surface area (Å²) in [6.45, 7) is 1.65. The second kappa shape index (κ2) is 7.34. The SMILES string of the molecule is O=C(Nc1ccccc1)[C@H]1CCCN(c2ccnc3cc(Cl)ccc23)C1. The quantitative estimate of drug-likeness (QED) is 0.728. The normalized spacial score (nSPS) is 17.3. The average Bonchev–Trinajstić information content (AvgIpc) is 2.68. The van der Waals surface area contributed by atoms with Gasteiger partial charge >= 0.3 is 0 Å². The number of carbonyl (C=O) groups is 1. The number of benzene rings is 2. The van der Waals surface area contributed by atoms with Crippen molar-refractivity contribution in [2.75, 3.05) is 23.3 Å². The predicted molar refractivity (Wildman–Crippen MR) is 107 cm³/mol. The number of piperidine rings is 1. The van der Waals surface area contributed by atoms with E-state index in [1.807, 2.05) is 60.8 Å². The summed E-state index contributed by atoms with van der Waals surface area (Å²) in [6, 6.07) is 17.4. The van der Waals surface area contributed by atoms with Gasteiger partial charge in [-0.25, -0.2) is 0 Å². The Morgan fingerprint density at radius 2 is 2.00 bits per heavy atom. The highest BCUT2D eigenvalue weighted by molar-refractivity contribution is 6.31. The lowest BCUT2D eigenvalue weighted by molar-refractivity contribution is -0.120. The molecule has 1 atom stereocenters. The Kier molecular flexibility index (Phi) is 4.76. The molecule has 1 saturated heterocycles. The lowest BCUT2D eigenvalue weighted by atomic mass is 9.96.